The second kappa shape index (κ2) is 10.2. The average Bonchev–Trinajstić information content (AvgIpc) is 2.88. The van der Waals surface area contributed by atoms with Crippen LogP contribution in [-0.4, -0.2) is 8.42 Å². The Morgan fingerprint density at radius 2 is 0.971 bits per heavy atom. The molecule has 0 aliphatic heterocycles. The van der Waals surface area contributed by atoms with Crippen molar-refractivity contribution in [2.24, 2.45) is 0 Å². The molecule has 176 valence electrons. The molecule has 0 saturated heterocycles. The molecular formula is C29H30O3S2. The fourth-order valence-electron chi connectivity index (χ4n) is 3.85. The maximum atomic E-state index is 13.7. The summed E-state index contributed by atoms with van der Waals surface area (Å²) in [5.74, 6) is 0. The quantitative estimate of drug-likeness (QED) is 0.254. The van der Waals surface area contributed by atoms with Crippen molar-refractivity contribution >= 4 is 20.4 Å². The zero-order chi connectivity index (χ0) is 24.2. The van der Waals surface area contributed by atoms with Crippen molar-refractivity contribution < 1.29 is 12.0 Å². The molecule has 0 unspecified atom stereocenters. The summed E-state index contributed by atoms with van der Waals surface area (Å²) < 4.78 is 33.9. The first-order valence-corrected chi connectivity index (χ1v) is 14.4. The van der Waals surface area contributed by atoms with E-state index < -0.39 is 20.4 Å². The third kappa shape index (κ3) is 4.83. The number of aryl methyl sites for hydroxylation is 3. The Morgan fingerprint density at radius 3 is 1.41 bits per heavy atom. The van der Waals surface area contributed by atoms with E-state index in [2.05, 4.69) is 38.1 Å². The van der Waals surface area contributed by atoms with Crippen molar-refractivity contribution in [1.82, 2.24) is 0 Å². The Kier molecular flexibility index (Phi) is 7.27. The lowest BCUT2D eigenvalue weighted by molar-refractivity contribution is 0.508. The predicted octanol–water partition coefficient (Wildman–Crippen LogP) is 7.72. The van der Waals surface area contributed by atoms with Gasteiger partial charge in [0.1, 0.15) is 0 Å². The minimum atomic E-state index is -4.07. The summed E-state index contributed by atoms with van der Waals surface area (Å²) in [6, 6.07) is 32.8. The lowest BCUT2D eigenvalue weighted by Crippen LogP contribution is -2.14. The molecule has 0 fully saturated rings. The second-order valence-corrected chi connectivity index (χ2v) is 12.7. The van der Waals surface area contributed by atoms with E-state index in [1.807, 2.05) is 61.5 Å². The van der Waals surface area contributed by atoms with Crippen LogP contribution in [-0.2, 0) is 26.6 Å². The molecule has 0 atom stereocenters. The van der Waals surface area contributed by atoms with E-state index in [4.69, 9.17) is 3.63 Å². The summed E-state index contributed by atoms with van der Waals surface area (Å²) in [5.41, 5.74) is 3.37. The normalized spacial score (nSPS) is 12.4. The minimum absolute atomic E-state index is 0.154. The van der Waals surface area contributed by atoms with Crippen LogP contribution in [0.1, 0.15) is 30.5 Å². The van der Waals surface area contributed by atoms with Crippen molar-refractivity contribution in [1.29, 1.82) is 0 Å². The molecule has 0 saturated carbocycles. The number of hydrogen-bond acceptors (Lipinski definition) is 3. The highest BCUT2D eigenvalue weighted by molar-refractivity contribution is 8.33. The van der Waals surface area contributed by atoms with Crippen LogP contribution in [0.5, 0.6) is 0 Å². The molecule has 4 rings (SSSR count). The van der Waals surface area contributed by atoms with E-state index in [1.54, 1.807) is 24.3 Å². The van der Waals surface area contributed by atoms with Crippen LogP contribution in [0.25, 0.3) is 0 Å². The first-order valence-electron chi connectivity index (χ1n) is 11.5. The summed E-state index contributed by atoms with van der Waals surface area (Å²) in [7, 11) is -6.66. The van der Waals surface area contributed by atoms with Crippen LogP contribution in [0.2, 0.25) is 0 Å². The van der Waals surface area contributed by atoms with Crippen molar-refractivity contribution in [3.8, 4) is 0 Å². The second-order valence-electron chi connectivity index (χ2n) is 8.20. The fourth-order valence-corrected chi connectivity index (χ4v) is 9.05. The van der Waals surface area contributed by atoms with Gasteiger partial charge in [0.25, 0.3) is 0 Å². The number of rotatable bonds is 8. The molecule has 4 aromatic carbocycles. The van der Waals surface area contributed by atoms with Gasteiger partial charge in [-0.15, -0.1) is 0 Å². The molecule has 0 spiro atoms. The Hall–Kier alpha value is -2.86. The third-order valence-electron chi connectivity index (χ3n) is 5.90. The molecule has 5 heteroatoms. The maximum Gasteiger partial charge on any atom is 0.307 e. The Morgan fingerprint density at radius 1 is 0.559 bits per heavy atom. The molecule has 0 amide bonds. The van der Waals surface area contributed by atoms with Gasteiger partial charge in [-0.2, -0.15) is 8.42 Å². The lowest BCUT2D eigenvalue weighted by atomic mass is 10.2. The van der Waals surface area contributed by atoms with E-state index in [-0.39, 0.29) is 4.90 Å². The van der Waals surface area contributed by atoms with Gasteiger partial charge >= 0.3 is 10.1 Å². The Labute approximate surface area is 205 Å². The molecule has 4 aromatic rings. The van der Waals surface area contributed by atoms with E-state index in [1.165, 1.54) is 11.1 Å². The molecule has 0 aliphatic carbocycles. The van der Waals surface area contributed by atoms with Gasteiger partial charge in [0.2, 0.25) is 0 Å². The predicted molar refractivity (Wildman–Crippen MR) is 140 cm³/mol. The van der Waals surface area contributed by atoms with Crippen LogP contribution in [0, 0.1) is 6.92 Å². The van der Waals surface area contributed by atoms with E-state index in [0.29, 0.717) is 0 Å². The molecule has 0 aromatic heterocycles. The molecule has 0 radical (unpaired) electrons. The van der Waals surface area contributed by atoms with Crippen molar-refractivity contribution in [3.63, 3.8) is 0 Å². The molecule has 0 heterocycles. The topological polar surface area (TPSA) is 43.4 Å². The Balaban J connectivity index is 1.99. The molecule has 0 N–H and O–H groups in total. The van der Waals surface area contributed by atoms with Gasteiger partial charge in [0, 0.05) is 14.7 Å². The zero-order valence-electron chi connectivity index (χ0n) is 19.8. The van der Waals surface area contributed by atoms with Gasteiger partial charge in [-0.05, 0) is 89.7 Å². The van der Waals surface area contributed by atoms with Crippen LogP contribution in [0.4, 0.5) is 0 Å². The molecule has 0 aliphatic rings. The van der Waals surface area contributed by atoms with Gasteiger partial charge in [0.15, 0.2) is 0 Å². The van der Waals surface area contributed by atoms with Gasteiger partial charge in [0.05, 0.1) is 4.90 Å². The van der Waals surface area contributed by atoms with Crippen molar-refractivity contribution in [2.75, 3.05) is 0 Å². The molecule has 0 bridgehead atoms. The summed E-state index contributed by atoms with van der Waals surface area (Å²) in [6.45, 7) is 6.14. The summed E-state index contributed by atoms with van der Waals surface area (Å²) in [4.78, 5) is 2.67. The average molecular weight is 491 g/mol. The summed E-state index contributed by atoms with van der Waals surface area (Å²) >= 11 is 0. The molecular weight excluding hydrogens is 460 g/mol. The SMILES string of the molecule is CCc1ccc(S(OS(=O)(=O)c2ccc(C)cc2)(c2ccccc2)c2ccc(CC)cc2)cc1. The maximum absolute atomic E-state index is 13.7. The number of hydrogen-bond donors (Lipinski definition) is 0. The minimum Gasteiger partial charge on any atom is -0.203 e. The largest absolute Gasteiger partial charge is 0.307 e. The first-order chi connectivity index (χ1) is 16.4. The Bertz CT molecular complexity index is 1280. The van der Waals surface area contributed by atoms with Gasteiger partial charge < -0.3 is 0 Å². The van der Waals surface area contributed by atoms with Crippen LogP contribution in [0.3, 0.4) is 0 Å². The highest BCUT2D eigenvalue weighted by Crippen LogP contribution is 2.70. The lowest BCUT2D eigenvalue weighted by Gasteiger charge is -2.39. The van der Waals surface area contributed by atoms with E-state index in [9.17, 15) is 8.42 Å². The van der Waals surface area contributed by atoms with Crippen LogP contribution >= 0.6 is 10.3 Å². The van der Waals surface area contributed by atoms with Gasteiger partial charge in [-0.3, -0.25) is 0 Å². The van der Waals surface area contributed by atoms with Gasteiger partial charge in [-0.1, -0.05) is 74.0 Å². The highest BCUT2D eigenvalue weighted by atomic mass is 32.3. The van der Waals surface area contributed by atoms with Crippen LogP contribution < -0.4 is 0 Å². The third-order valence-corrected chi connectivity index (χ3v) is 11.1. The van der Waals surface area contributed by atoms with Gasteiger partial charge in [-0.25, -0.2) is 3.63 Å². The molecule has 3 nitrogen and oxygen atoms in total. The van der Waals surface area contributed by atoms with Crippen molar-refractivity contribution in [3.05, 3.63) is 120 Å². The van der Waals surface area contributed by atoms with E-state index >= 15 is 0 Å². The van der Waals surface area contributed by atoms with E-state index in [0.717, 1.165) is 33.1 Å². The first kappa shape index (κ1) is 24.3. The highest BCUT2D eigenvalue weighted by Gasteiger charge is 2.38. The monoisotopic (exact) mass is 490 g/mol. The van der Waals surface area contributed by atoms with Crippen molar-refractivity contribution in [2.45, 2.75) is 53.2 Å². The van der Waals surface area contributed by atoms with Crippen LogP contribution in [0.15, 0.2) is 123 Å². The fraction of sp³-hybridized carbons (Fsp3) is 0.172. The summed E-state index contributed by atoms with van der Waals surface area (Å²) in [5, 5.41) is 0. The zero-order valence-corrected chi connectivity index (χ0v) is 21.4. The number of benzene rings is 4. The smallest absolute Gasteiger partial charge is 0.203 e. The molecule has 34 heavy (non-hydrogen) atoms. The standard InChI is InChI=1S/C29H30O3S2/c1-4-24-13-19-27(20-14-24)33(26-9-7-6-8-10-26,28-21-15-25(5-2)16-22-28)32-34(30,31)29-17-11-23(3)12-18-29/h6-22H,4-5H2,1-3H3. The summed E-state index contributed by atoms with van der Waals surface area (Å²) in [6.07, 6.45) is 1.81.